The van der Waals surface area contributed by atoms with Gasteiger partial charge in [0.2, 0.25) is 5.91 Å². The minimum atomic E-state index is -0.701. The number of alkyl carbamates (subject to hydrolysis) is 1. The van der Waals surface area contributed by atoms with Crippen molar-refractivity contribution in [2.75, 3.05) is 20.2 Å². The molecule has 12 nitrogen and oxygen atoms in total. The van der Waals surface area contributed by atoms with Crippen LogP contribution in [0.3, 0.4) is 0 Å². The normalized spacial score (nSPS) is 15.0. The maximum absolute atomic E-state index is 13.6. The van der Waals surface area contributed by atoms with Crippen molar-refractivity contribution < 1.29 is 23.9 Å². The number of benzene rings is 3. The third-order valence-corrected chi connectivity index (χ3v) is 9.93. The maximum atomic E-state index is 13.6. The van der Waals surface area contributed by atoms with Crippen molar-refractivity contribution in [3.63, 3.8) is 0 Å². The average molecular weight is 748 g/mol. The highest BCUT2D eigenvalue weighted by Gasteiger charge is 2.35. The van der Waals surface area contributed by atoms with Crippen molar-refractivity contribution in [3.05, 3.63) is 84.7 Å². The summed E-state index contributed by atoms with van der Waals surface area (Å²) < 4.78 is 10.4. The lowest BCUT2D eigenvalue weighted by atomic mass is 9.98. The molecule has 1 unspecified atom stereocenters. The van der Waals surface area contributed by atoms with Crippen LogP contribution in [0.4, 0.5) is 9.59 Å². The Morgan fingerprint density at radius 1 is 0.909 bits per heavy atom. The van der Waals surface area contributed by atoms with Crippen LogP contribution in [0, 0.1) is 5.92 Å². The highest BCUT2D eigenvalue weighted by molar-refractivity contribution is 5.91. The predicted octanol–water partition coefficient (Wildman–Crippen LogP) is 8.87. The fourth-order valence-electron chi connectivity index (χ4n) is 6.96. The van der Waals surface area contributed by atoms with Gasteiger partial charge >= 0.3 is 12.2 Å². The van der Waals surface area contributed by atoms with E-state index in [1.54, 1.807) is 16.0 Å². The number of hydrogen-bond acceptors (Lipinski definition) is 7. The van der Waals surface area contributed by atoms with Gasteiger partial charge in [-0.25, -0.2) is 19.6 Å². The zero-order chi connectivity index (χ0) is 39.3. The van der Waals surface area contributed by atoms with Crippen molar-refractivity contribution in [1.29, 1.82) is 0 Å². The summed E-state index contributed by atoms with van der Waals surface area (Å²) in [7, 11) is 1.29. The molecular weight excluding hydrogens is 695 g/mol. The zero-order valence-electron chi connectivity index (χ0n) is 32.9. The number of aromatic amines is 2. The number of nitrogens with one attached hydrogen (secondary N) is 3. The Morgan fingerprint density at radius 2 is 1.55 bits per heavy atom. The molecule has 5 aromatic rings. The smallest absolute Gasteiger partial charge is 0.410 e. The quantitative estimate of drug-likeness (QED) is 0.116. The molecule has 0 saturated carbocycles. The first-order valence-electron chi connectivity index (χ1n) is 19.2. The van der Waals surface area contributed by atoms with E-state index in [1.165, 1.54) is 7.11 Å². The fourth-order valence-corrected chi connectivity index (χ4v) is 6.96. The van der Waals surface area contributed by atoms with Gasteiger partial charge in [0.1, 0.15) is 23.3 Å². The molecule has 0 spiro atoms. The molecule has 3 N–H and O–H groups in total. The van der Waals surface area contributed by atoms with Gasteiger partial charge in [-0.05, 0) is 85.5 Å². The van der Waals surface area contributed by atoms with Crippen LogP contribution < -0.4 is 5.32 Å². The molecule has 3 heterocycles. The van der Waals surface area contributed by atoms with Gasteiger partial charge in [-0.1, -0.05) is 75.7 Å². The SMILES string of the molecule is CCCCN(Cc1ncc(-c2ccc3cc(-c4ccc(-c5cnc(C6CCCN6C(=O)OC(C)(C)C)[nH]5)cc4)ccc3c2)[nH]1)C(=O)[C@@H](NC(=O)OC)C(C)C. The number of rotatable bonds is 12. The summed E-state index contributed by atoms with van der Waals surface area (Å²) in [6, 6.07) is 20.4. The van der Waals surface area contributed by atoms with Gasteiger partial charge in [0.25, 0.3) is 0 Å². The van der Waals surface area contributed by atoms with Gasteiger partial charge in [0.15, 0.2) is 0 Å². The summed E-state index contributed by atoms with van der Waals surface area (Å²) >= 11 is 0. The van der Waals surface area contributed by atoms with Crippen molar-refractivity contribution in [1.82, 2.24) is 35.1 Å². The van der Waals surface area contributed by atoms with E-state index in [1.807, 2.05) is 40.8 Å². The lowest BCUT2D eigenvalue weighted by Gasteiger charge is -2.29. The van der Waals surface area contributed by atoms with Crippen molar-refractivity contribution in [3.8, 4) is 33.6 Å². The van der Waals surface area contributed by atoms with Crippen LogP contribution in [0.15, 0.2) is 73.1 Å². The molecule has 290 valence electrons. The summed E-state index contributed by atoms with van der Waals surface area (Å²) in [6.45, 7) is 13.0. The summed E-state index contributed by atoms with van der Waals surface area (Å²) in [6.07, 6.45) is 6.22. The van der Waals surface area contributed by atoms with Crippen LogP contribution in [0.25, 0.3) is 44.4 Å². The second-order valence-corrected chi connectivity index (χ2v) is 15.6. The number of nitrogens with zero attached hydrogens (tertiary/aromatic N) is 4. The van der Waals surface area contributed by atoms with E-state index in [2.05, 4.69) is 92.8 Å². The number of unbranched alkanes of at least 4 members (excludes halogenated alkanes) is 1. The lowest BCUT2D eigenvalue weighted by Crippen LogP contribution is -2.51. The number of ether oxygens (including phenoxy) is 2. The van der Waals surface area contributed by atoms with Gasteiger partial charge in [-0.3, -0.25) is 9.69 Å². The second-order valence-electron chi connectivity index (χ2n) is 15.6. The van der Waals surface area contributed by atoms with Crippen LogP contribution in [0.1, 0.15) is 84.9 Å². The van der Waals surface area contributed by atoms with Gasteiger partial charge in [-0.15, -0.1) is 0 Å². The molecule has 0 bridgehead atoms. The Morgan fingerprint density at radius 3 is 2.22 bits per heavy atom. The Hall–Kier alpha value is -5.65. The third kappa shape index (κ3) is 9.36. The molecule has 6 rings (SSSR count). The first-order valence-corrected chi connectivity index (χ1v) is 19.2. The number of likely N-dealkylation sites (tertiary alicyclic amines) is 1. The van der Waals surface area contributed by atoms with Gasteiger partial charge < -0.3 is 29.7 Å². The molecule has 1 aliphatic rings. The number of H-pyrrole nitrogens is 2. The van der Waals surface area contributed by atoms with Crippen LogP contribution in [0.5, 0.6) is 0 Å². The molecule has 1 saturated heterocycles. The number of hydrogen-bond donors (Lipinski definition) is 3. The Labute approximate surface area is 323 Å². The molecular formula is C43H53N7O5. The van der Waals surface area contributed by atoms with Crippen LogP contribution in [0.2, 0.25) is 0 Å². The van der Waals surface area contributed by atoms with E-state index >= 15 is 0 Å². The van der Waals surface area contributed by atoms with Crippen molar-refractivity contribution in [2.24, 2.45) is 5.92 Å². The molecule has 3 amide bonds. The second kappa shape index (κ2) is 16.8. The van der Waals surface area contributed by atoms with Gasteiger partial charge in [-0.2, -0.15) is 0 Å². The molecule has 0 aliphatic carbocycles. The Bertz CT molecular complexity index is 2110. The molecule has 12 heteroatoms. The highest BCUT2D eigenvalue weighted by atomic mass is 16.6. The van der Waals surface area contributed by atoms with E-state index in [0.717, 1.165) is 75.9 Å². The number of aromatic nitrogens is 4. The topological polar surface area (TPSA) is 146 Å². The molecule has 2 atom stereocenters. The minimum Gasteiger partial charge on any atom is -0.453 e. The van der Waals surface area contributed by atoms with Gasteiger partial charge in [0.05, 0.1) is 43.5 Å². The molecule has 55 heavy (non-hydrogen) atoms. The summed E-state index contributed by atoms with van der Waals surface area (Å²) in [5.74, 6) is 1.17. The fraction of sp³-hybridized carbons (Fsp3) is 0.419. The first kappa shape index (κ1) is 39.1. The maximum Gasteiger partial charge on any atom is 0.410 e. The molecule has 2 aromatic heterocycles. The van der Waals surface area contributed by atoms with Crippen molar-refractivity contribution >= 4 is 28.9 Å². The summed E-state index contributed by atoms with van der Waals surface area (Å²) in [5.41, 5.74) is 5.44. The molecule has 1 aliphatic heterocycles. The largest absolute Gasteiger partial charge is 0.453 e. The standard InChI is InChI=1S/C43H53N7O5/c1-8-9-20-49(40(51)38(27(2)3)48-41(52)54-7)26-37-44-24-35(46-37)33-19-18-31-22-30(16-17-32(31)23-33)28-12-14-29(15-13-28)34-25-45-39(47-34)36-11-10-21-50(36)42(53)55-43(4,5)6/h12-19,22-25,27,36,38H,8-11,20-21,26H2,1-7H3,(H,44,46)(H,45,47)(H,48,52)/t36?,38-/m0/s1. The lowest BCUT2D eigenvalue weighted by molar-refractivity contribution is -0.135. The number of carbonyl (C=O) groups excluding carboxylic acids is 3. The van der Waals surface area contributed by atoms with E-state index in [0.29, 0.717) is 25.5 Å². The van der Waals surface area contributed by atoms with E-state index in [-0.39, 0.29) is 24.0 Å². The number of amides is 3. The monoisotopic (exact) mass is 747 g/mol. The summed E-state index contributed by atoms with van der Waals surface area (Å²) in [4.78, 5) is 58.1. The van der Waals surface area contributed by atoms with Crippen LogP contribution in [-0.4, -0.2) is 79.7 Å². The number of methoxy groups -OCH3 is 1. The number of carbonyl (C=O) groups is 3. The molecule has 0 radical (unpaired) electrons. The summed E-state index contributed by atoms with van der Waals surface area (Å²) in [5, 5.41) is 4.91. The van der Waals surface area contributed by atoms with Crippen LogP contribution in [-0.2, 0) is 20.8 Å². The van der Waals surface area contributed by atoms with Crippen molar-refractivity contribution in [2.45, 2.75) is 91.5 Å². The van der Waals surface area contributed by atoms with E-state index in [9.17, 15) is 14.4 Å². The van der Waals surface area contributed by atoms with Crippen LogP contribution >= 0.6 is 0 Å². The van der Waals surface area contributed by atoms with E-state index < -0.39 is 17.7 Å². The zero-order valence-corrected chi connectivity index (χ0v) is 32.9. The van der Waals surface area contributed by atoms with E-state index in [4.69, 9.17) is 9.47 Å². The Balaban J connectivity index is 1.13. The molecule has 1 fully saturated rings. The predicted molar refractivity (Wildman–Crippen MR) is 214 cm³/mol. The first-order chi connectivity index (χ1) is 26.3. The average Bonchev–Trinajstić information content (AvgIpc) is 3.96. The Kier molecular flexibility index (Phi) is 11.9. The minimum absolute atomic E-state index is 0.112. The highest BCUT2D eigenvalue weighted by Crippen LogP contribution is 2.34. The third-order valence-electron chi connectivity index (χ3n) is 9.93. The number of fused-ring (bicyclic) bond motifs is 1. The molecule has 3 aromatic carbocycles. The van der Waals surface area contributed by atoms with Gasteiger partial charge in [0, 0.05) is 18.7 Å². The number of imidazole rings is 2.